The molecule has 0 saturated heterocycles. The fraction of sp³-hybridized carbons (Fsp3) is 0.357. The second-order valence-corrected chi connectivity index (χ2v) is 4.06. The molecule has 16 heavy (non-hydrogen) atoms. The van der Waals surface area contributed by atoms with E-state index in [1.54, 1.807) is 0 Å². The maximum atomic E-state index is 7.00. The number of nitrogens with zero attached hydrogens (tertiary/aromatic N) is 1. The fourth-order valence-corrected chi connectivity index (χ4v) is 1.60. The first-order chi connectivity index (χ1) is 7.66. The molecule has 0 aliphatic heterocycles. The Morgan fingerprint density at radius 3 is 2.31 bits per heavy atom. The van der Waals surface area contributed by atoms with Gasteiger partial charge in [0.05, 0.1) is 5.52 Å². The highest BCUT2D eigenvalue weighted by Gasteiger charge is 2.01. The average molecular weight is 217 g/mol. The van der Waals surface area contributed by atoms with Gasteiger partial charge < -0.3 is 5.11 Å². The number of aromatic nitrogens is 1. The first-order valence-electron chi connectivity index (χ1n) is 5.49. The zero-order valence-electron chi connectivity index (χ0n) is 10.4. The van der Waals surface area contributed by atoms with Gasteiger partial charge in [0, 0.05) is 18.2 Å². The van der Waals surface area contributed by atoms with Gasteiger partial charge >= 0.3 is 0 Å². The Bertz CT molecular complexity index is 463. The van der Waals surface area contributed by atoms with Gasteiger partial charge in [-0.1, -0.05) is 32.0 Å². The van der Waals surface area contributed by atoms with Crippen LogP contribution >= 0.6 is 0 Å². The largest absolute Gasteiger partial charge is 0.400 e. The van der Waals surface area contributed by atoms with Gasteiger partial charge in [-0.05, 0) is 30.5 Å². The summed E-state index contributed by atoms with van der Waals surface area (Å²) in [7, 11) is 1.00. The Hall–Kier alpha value is -1.41. The van der Waals surface area contributed by atoms with Crippen LogP contribution in [-0.4, -0.2) is 17.2 Å². The number of hydrogen-bond donors (Lipinski definition) is 1. The predicted molar refractivity (Wildman–Crippen MR) is 68.7 cm³/mol. The molecule has 0 aliphatic rings. The van der Waals surface area contributed by atoms with Gasteiger partial charge in [-0.15, -0.1) is 0 Å². The fourth-order valence-electron chi connectivity index (χ4n) is 1.60. The zero-order valence-corrected chi connectivity index (χ0v) is 10.4. The first-order valence-corrected chi connectivity index (χ1v) is 5.49. The Labute approximate surface area is 97.0 Å². The van der Waals surface area contributed by atoms with Crippen molar-refractivity contribution in [1.82, 2.24) is 4.98 Å². The number of pyridine rings is 1. The van der Waals surface area contributed by atoms with Crippen LogP contribution in [0.2, 0.25) is 0 Å². The third-order valence-corrected chi connectivity index (χ3v) is 2.52. The molecule has 0 radical (unpaired) electrons. The highest BCUT2D eigenvalue weighted by molar-refractivity contribution is 5.79. The van der Waals surface area contributed by atoms with Crippen molar-refractivity contribution in [3.8, 4) is 0 Å². The highest BCUT2D eigenvalue weighted by atomic mass is 16.2. The van der Waals surface area contributed by atoms with Crippen molar-refractivity contribution in [1.29, 1.82) is 0 Å². The van der Waals surface area contributed by atoms with Crippen LogP contribution in [0.15, 0.2) is 30.3 Å². The van der Waals surface area contributed by atoms with E-state index in [0.717, 1.165) is 18.3 Å². The van der Waals surface area contributed by atoms with Crippen molar-refractivity contribution in [2.75, 3.05) is 7.11 Å². The van der Waals surface area contributed by atoms with Crippen LogP contribution in [0.1, 0.15) is 31.0 Å². The molecule has 86 valence electrons. The molecule has 1 N–H and O–H groups in total. The molecule has 2 aromatic rings. The van der Waals surface area contributed by atoms with Gasteiger partial charge in [0.2, 0.25) is 0 Å². The van der Waals surface area contributed by atoms with Gasteiger partial charge in [0.25, 0.3) is 0 Å². The lowest BCUT2D eigenvalue weighted by Gasteiger charge is -2.06. The summed E-state index contributed by atoms with van der Waals surface area (Å²) in [5, 5.41) is 8.22. The third kappa shape index (κ3) is 2.80. The van der Waals surface area contributed by atoms with Crippen LogP contribution in [0.5, 0.6) is 0 Å². The normalized spacial score (nSPS) is 10.1. The molecule has 0 fully saturated rings. The summed E-state index contributed by atoms with van der Waals surface area (Å²) >= 11 is 0. The highest BCUT2D eigenvalue weighted by Crippen LogP contribution is 2.20. The Kier molecular flexibility index (Phi) is 4.44. The van der Waals surface area contributed by atoms with Crippen LogP contribution in [-0.2, 0) is 0 Å². The molecule has 0 amide bonds. The maximum absolute atomic E-state index is 7.00. The summed E-state index contributed by atoms with van der Waals surface area (Å²) in [5.41, 5.74) is 3.55. The average Bonchev–Trinajstić information content (AvgIpc) is 2.30. The predicted octanol–water partition coefficient (Wildman–Crippen LogP) is 3.28. The summed E-state index contributed by atoms with van der Waals surface area (Å²) in [6, 6.07) is 10.7. The van der Waals surface area contributed by atoms with Gasteiger partial charge in [0.15, 0.2) is 0 Å². The van der Waals surface area contributed by atoms with Gasteiger partial charge in [-0.25, -0.2) is 0 Å². The van der Waals surface area contributed by atoms with E-state index in [-0.39, 0.29) is 0 Å². The summed E-state index contributed by atoms with van der Waals surface area (Å²) in [6.45, 7) is 6.44. The molecule has 2 nitrogen and oxygen atoms in total. The standard InChI is InChI=1S/C13H15N.CH4O/c1-9(2)12-7-6-11-5-4-10(3)14-13(11)8-12;1-2/h4-9H,1-3H3;2H,1H3. The number of aliphatic hydroxyl groups excluding tert-OH is 1. The van der Waals surface area contributed by atoms with Gasteiger partial charge in [-0.3, -0.25) is 4.98 Å². The number of benzene rings is 1. The van der Waals surface area contributed by atoms with E-state index >= 15 is 0 Å². The molecular weight excluding hydrogens is 198 g/mol. The quantitative estimate of drug-likeness (QED) is 0.795. The number of aliphatic hydroxyl groups is 1. The van der Waals surface area contributed by atoms with E-state index in [1.165, 1.54) is 10.9 Å². The zero-order chi connectivity index (χ0) is 12.1. The molecule has 0 spiro atoms. The monoisotopic (exact) mass is 217 g/mol. The number of rotatable bonds is 1. The van der Waals surface area contributed by atoms with E-state index in [4.69, 9.17) is 5.11 Å². The molecule has 0 atom stereocenters. The van der Waals surface area contributed by atoms with Crippen molar-refractivity contribution in [2.45, 2.75) is 26.7 Å². The van der Waals surface area contributed by atoms with Gasteiger partial charge in [0.1, 0.15) is 0 Å². The van der Waals surface area contributed by atoms with E-state index in [9.17, 15) is 0 Å². The maximum Gasteiger partial charge on any atom is 0.0707 e. The van der Waals surface area contributed by atoms with Crippen molar-refractivity contribution in [2.24, 2.45) is 0 Å². The summed E-state index contributed by atoms with van der Waals surface area (Å²) in [6.07, 6.45) is 0. The van der Waals surface area contributed by atoms with E-state index in [1.807, 2.05) is 6.92 Å². The number of aryl methyl sites for hydroxylation is 1. The molecule has 2 heteroatoms. The Morgan fingerprint density at radius 1 is 1.06 bits per heavy atom. The van der Waals surface area contributed by atoms with Gasteiger partial charge in [-0.2, -0.15) is 0 Å². The van der Waals surface area contributed by atoms with Crippen LogP contribution in [0, 0.1) is 6.92 Å². The lowest BCUT2D eigenvalue weighted by molar-refractivity contribution is 0.399. The minimum atomic E-state index is 0.571. The SMILES string of the molecule is CO.Cc1ccc2ccc(C(C)C)cc2n1. The van der Waals surface area contributed by atoms with E-state index in [2.05, 4.69) is 49.2 Å². The third-order valence-electron chi connectivity index (χ3n) is 2.52. The van der Waals surface area contributed by atoms with Crippen molar-refractivity contribution < 1.29 is 5.11 Å². The van der Waals surface area contributed by atoms with Crippen LogP contribution in [0.25, 0.3) is 10.9 Å². The molecule has 0 aliphatic carbocycles. The summed E-state index contributed by atoms with van der Waals surface area (Å²) in [5.74, 6) is 0.571. The summed E-state index contributed by atoms with van der Waals surface area (Å²) < 4.78 is 0. The summed E-state index contributed by atoms with van der Waals surface area (Å²) in [4.78, 5) is 4.52. The molecule has 1 aromatic carbocycles. The Balaban J connectivity index is 0.000000606. The lowest BCUT2D eigenvalue weighted by Crippen LogP contribution is -1.89. The topological polar surface area (TPSA) is 33.1 Å². The second kappa shape index (κ2) is 5.61. The molecule has 1 aromatic heterocycles. The smallest absolute Gasteiger partial charge is 0.0707 e. The van der Waals surface area contributed by atoms with Crippen LogP contribution in [0.3, 0.4) is 0 Å². The van der Waals surface area contributed by atoms with E-state index < -0.39 is 0 Å². The van der Waals surface area contributed by atoms with E-state index in [0.29, 0.717) is 5.92 Å². The molecule has 1 heterocycles. The first kappa shape index (κ1) is 12.7. The van der Waals surface area contributed by atoms with Crippen molar-refractivity contribution >= 4 is 10.9 Å². The second-order valence-electron chi connectivity index (χ2n) is 4.06. The molecular formula is C14H19NO. The molecule has 2 rings (SSSR count). The van der Waals surface area contributed by atoms with Crippen LogP contribution < -0.4 is 0 Å². The molecule has 0 bridgehead atoms. The number of fused-ring (bicyclic) bond motifs is 1. The Morgan fingerprint density at radius 2 is 1.69 bits per heavy atom. The minimum absolute atomic E-state index is 0.571. The lowest BCUT2D eigenvalue weighted by atomic mass is 10.0. The van der Waals surface area contributed by atoms with Crippen molar-refractivity contribution in [3.63, 3.8) is 0 Å². The number of hydrogen-bond acceptors (Lipinski definition) is 2. The van der Waals surface area contributed by atoms with Crippen LogP contribution in [0.4, 0.5) is 0 Å². The van der Waals surface area contributed by atoms with Crippen molar-refractivity contribution in [3.05, 3.63) is 41.6 Å². The minimum Gasteiger partial charge on any atom is -0.400 e. The molecule has 0 saturated carbocycles. The molecule has 0 unspecified atom stereocenters.